The Morgan fingerprint density at radius 1 is 1.00 bits per heavy atom. The molecule has 22 heavy (non-hydrogen) atoms. The van der Waals surface area contributed by atoms with E-state index in [9.17, 15) is 0 Å². The number of aryl methyl sites for hydroxylation is 2. The fourth-order valence-electron chi connectivity index (χ4n) is 3.98. The summed E-state index contributed by atoms with van der Waals surface area (Å²) in [7, 11) is 0. The van der Waals surface area contributed by atoms with E-state index < -0.39 is 0 Å². The number of nitrogens with one attached hydrogen (secondary N) is 1. The van der Waals surface area contributed by atoms with Crippen molar-refractivity contribution in [2.75, 3.05) is 45.8 Å². The normalized spacial score (nSPS) is 22.6. The molecule has 1 N–H and O–H groups in total. The average molecular weight is 301 g/mol. The minimum Gasteiger partial charge on any atom is -0.314 e. The van der Waals surface area contributed by atoms with Crippen molar-refractivity contribution in [3.05, 3.63) is 34.9 Å². The van der Waals surface area contributed by atoms with E-state index in [0.717, 1.165) is 13.1 Å². The van der Waals surface area contributed by atoms with Crippen LogP contribution in [-0.4, -0.2) is 55.6 Å². The molecule has 122 valence electrons. The minimum absolute atomic E-state index is 0.569. The molecule has 2 saturated heterocycles. The second-order valence-electron chi connectivity index (χ2n) is 7.02. The fraction of sp³-hybridized carbons (Fsp3) is 0.684. The SMILES string of the molecule is Cc1ccc(C(CN2CCNCC2)N2CCCCC2)c(C)c1. The molecule has 3 nitrogen and oxygen atoms in total. The third kappa shape index (κ3) is 3.89. The van der Waals surface area contributed by atoms with Crippen molar-refractivity contribution < 1.29 is 0 Å². The Labute approximate surface area is 135 Å². The van der Waals surface area contributed by atoms with Gasteiger partial charge >= 0.3 is 0 Å². The molecule has 1 unspecified atom stereocenters. The Balaban J connectivity index is 1.80. The van der Waals surface area contributed by atoms with E-state index in [1.807, 2.05) is 0 Å². The maximum Gasteiger partial charge on any atom is 0.0477 e. The number of hydrogen-bond donors (Lipinski definition) is 1. The molecule has 0 bridgehead atoms. The number of nitrogens with zero attached hydrogens (tertiary/aromatic N) is 2. The van der Waals surface area contributed by atoms with Gasteiger partial charge in [0.25, 0.3) is 0 Å². The Morgan fingerprint density at radius 3 is 2.41 bits per heavy atom. The quantitative estimate of drug-likeness (QED) is 0.922. The number of benzene rings is 1. The number of rotatable bonds is 4. The molecule has 0 aromatic heterocycles. The van der Waals surface area contributed by atoms with Crippen LogP contribution in [0.25, 0.3) is 0 Å². The van der Waals surface area contributed by atoms with Crippen LogP contribution in [0.5, 0.6) is 0 Å². The first-order valence-electron chi connectivity index (χ1n) is 8.98. The van der Waals surface area contributed by atoms with E-state index in [1.165, 1.54) is 63.1 Å². The Kier molecular flexibility index (Phi) is 5.51. The average Bonchev–Trinajstić information content (AvgIpc) is 2.55. The topological polar surface area (TPSA) is 18.5 Å². The second-order valence-corrected chi connectivity index (χ2v) is 7.02. The smallest absolute Gasteiger partial charge is 0.0477 e. The first-order valence-corrected chi connectivity index (χ1v) is 8.98. The molecule has 2 fully saturated rings. The maximum atomic E-state index is 3.47. The summed E-state index contributed by atoms with van der Waals surface area (Å²) in [5.41, 5.74) is 4.39. The number of hydrogen-bond acceptors (Lipinski definition) is 3. The maximum absolute atomic E-state index is 3.47. The van der Waals surface area contributed by atoms with Gasteiger partial charge in [0, 0.05) is 38.8 Å². The van der Waals surface area contributed by atoms with Crippen molar-refractivity contribution in [1.82, 2.24) is 15.1 Å². The van der Waals surface area contributed by atoms with Gasteiger partial charge in [-0.05, 0) is 50.9 Å². The molecule has 0 spiro atoms. The van der Waals surface area contributed by atoms with Crippen LogP contribution in [0.15, 0.2) is 18.2 Å². The largest absolute Gasteiger partial charge is 0.314 e. The molecule has 3 heteroatoms. The van der Waals surface area contributed by atoms with Crippen molar-refractivity contribution in [2.24, 2.45) is 0 Å². The van der Waals surface area contributed by atoms with Gasteiger partial charge in [0.2, 0.25) is 0 Å². The van der Waals surface area contributed by atoms with E-state index in [0.29, 0.717) is 6.04 Å². The molecule has 2 aliphatic rings. The summed E-state index contributed by atoms with van der Waals surface area (Å²) in [4.78, 5) is 5.39. The van der Waals surface area contributed by atoms with Gasteiger partial charge in [0.15, 0.2) is 0 Å². The predicted molar refractivity (Wildman–Crippen MR) is 93.4 cm³/mol. The highest BCUT2D eigenvalue weighted by molar-refractivity contribution is 5.33. The van der Waals surface area contributed by atoms with Gasteiger partial charge in [-0.1, -0.05) is 30.2 Å². The summed E-state index contributed by atoms with van der Waals surface area (Å²) in [6.45, 7) is 12.9. The standard InChI is InChI=1S/C19H31N3/c1-16-6-7-18(17(2)14-16)19(22-10-4-3-5-11-22)15-21-12-8-20-9-13-21/h6-7,14,19-20H,3-5,8-13,15H2,1-2H3. The van der Waals surface area contributed by atoms with Crippen LogP contribution in [0.4, 0.5) is 0 Å². The van der Waals surface area contributed by atoms with Crippen LogP contribution in [-0.2, 0) is 0 Å². The van der Waals surface area contributed by atoms with Crippen LogP contribution in [0.2, 0.25) is 0 Å². The monoisotopic (exact) mass is 301 g/mol. The zero-order chi connectivity index (χ0) is 15.4. The lowest BCUT2D eigenvalue weighted by molar-refractivity contribution is 0.111. The van der Waals surface area contributed by atoms with Crippen molar-refractivity contribution in [1.29, 1.82) is 0 Å². The Morgan fingerprint density at radius 2 is 1.73 bits per heavy atom. The third-order valence-electron chi connectivity index (χ3n) is 5.26. The molecule has 2 heterocycles. The summed E-state index contributed by atoms with van der Waals surface area (Å²) >= 11 is 0. The lowest BCUT2D eigenvalue weighted by Gasteiger charge is -2.39. The van der Waals surface area contributed by atoms with Gasteiger partial charge in [0.1, 0.15) is 0 Å². The van der Waals surface area contributed by atoms with Crippen LogP contribution in [0.1, 0.15) is 42.0 Å². The number of piperazine rings is 1. The molecule has 0 saturated carbocycles. The molecular weight excluding hydrogens is 270 g/mol. The van der Waals surface area contributed by atoms with E-state index in [-0.39, 0.29) is 0 Å². The molecule has 2 aliphatic heterocycles. The molecule has 0 radical (unpaired) electrons. The molecular formula is C19H31N3. The molecule has 0 amide bonds. The van der Waals surface area contributed by atoms with Crippen LogP contribution in [0.3, 0.4) is 0 Å². The number of piperidine rings is 1. The molecule has 1 atom stereocenters. The lowest BCUT2D eigenvalue weighted by atomic mass is 9.95. The van der Waals surface area contributed by atoms with Crippen molar-refractivity contribution >= 4 is 0 Å². The first-order chi connectivity index (χ1) is 10.7. The summed E-state index contributed by atoms with van der Waals surface area (Å²) < 4.78 is 0. The molecule has 3 rings (SSSR count). The van der Waals surface area contributed by atoms with E-state index in [2.05, 4.69) is 47.2 Å². The molecule has 1 aromatic rings. The van der Waals surface area contributed by atoms with Crippen LogP contribution >= 0.6 is 0 Å². The summed E-state index contributed by atoms with van der Waals surface area (Å²) in [5.74, 6) is 0. The lowest BCUT2D eigenvalue weighted by Crippen LogP contribution is -2.48. The van der Waals surface area contributed by atoms with E-state index in [4.69, 9.17) is 0 Å². The molecule has 0 aliphatic carbocycles. The van der Waals surface area contributed by atoms with Crippen LogP contribution < -0.4 is 5.32 Å². The van der Waals surface area contributed by atoms with Gasteiger partial charge in [-0.25, -0.2) is 0 Å². The Hall–Kier alpha value is -0.900. The highest BCUT2D eigenvalue weighted by Gasteiger charge is 2.26. The van der Waals surface area contributed by atoms with Crippen LogP contribution in [0, 0.1) is 13.8 Å². The highest BCUT2D eigenvalue weighted by Crippen LogP contribution is 2.28. The minimum atomic E-state index is 0.569. The van der Waals surface area contributed by atoms with Gasteiger partial charge in [0.05, 0.1) is 0 Å². The Bertz CT molecular complexity index is 474. The zero-order valence-corrected chi connectivity index (χ0v) is 14.3. The zero-order valence-electron chi connectivity index (χ0n) is 14.3. The van der Waals surface area contributed by atoms with Gasteiger partial charge in [-0.2, -0.15) is 0 Å². The first kappa shape index (κ1) is 16.0. The summed E-state index contributed by atoms with van der Waals surface area (Å²) in [6.07, 6.45) is 4.13. The van der Waals surface area contributed by atoms with Crippen molar-refractivity contribution in [2.45, 2.75) is 39.2 Å². The predicted octanol–water partition coefficient (Wildman–Crippen LogP) is 2.74. The van der Waals surface area contributed by atoms with Gasteiger partial charge < -0.3 is 5.32 Å². The van der Waals surface area contributed by atoms with Gasteiger partial charge in [-0.3, -0.25) is 9.80 Å². The van der Waals surface area contributed by atoms with E-state index in [1.54, 1.807) is 5.56 Å². The molecule has 1 aromatic carbocycles. The summed E-state index contributed by atoms with van der Waals surface area (Å²) in [5, 5.41) is 3.47. The summed E-state index contributed by atoms with van der Waals surface area (Å²) in [6, 6.07) is 7.59. The van der Waals surface area contributed by atoms with Crippen molar-refractivity contribution in [3.8, 4) is 0 Å². The van der Waals surface area contributed by atoms with Gasteiger partial charge in [-0.15, -0.1) is 0 Å². The number of likely N-dealkylation sites (tertiary alicyclic amines) is 1. The second kappa shape index (κ2) is 7.58. The van der Waals surface area contributed by atoms with E-state index >= 15 is 0 Å². The highest BCUT2D eigenvalue weighted by atomic mass is 15.2. The fourth-order valence-corrected chi connectivity index (χ4v) is 3.98. The van der Waals surface area contributed by atoms with Crippen molar-refractivity contribution in [3.63, 3.8) is 0 Å². The third-order valence-corrected chi connectivity index (χ3v) is 5.26.